The van der Waals surface area contributed by atoms with Crippen molar-refractivity contribution in [2.24, 2.45) is 11.7 Å². The van der Waals surface area contributed by atoms with Gasteiger partial charge in [0.1, 0.15) is 6.04 Å². The van der Waals surface area contributed by atoms with Crippen LogP contribution in [0.15, 0.2) is 0 Å². The van der Waals surface area contributed by atoms with Gasteiger partial charge in [0.05, 0.1) is 6.42 Å². The maximum absolute atomic E-state index is 12.0. The molecule has 7 heteroatoms. The standard InChI is InChI=1S/C19H36N4O3/c1-2-3-4-5-6-7-17(24)23-16(19(20)26)14-18(25)22-13-10-15-8-11-21-12-9-15/h15-16,21H,2-14H2,1H3,(H2,20,26)(H,22,25)(H,23,24). The van der Waals surface area contributed by atoms with E-state index in [2.05, 4.69) is 22.9 Å². The van der Waals surface area contributed by atoms with Crippen molar-refractivity contribution in [3.63, 3.8) is 0 Å². The molecule has 0 spiro atoms. The molecule has 0 bridgehead atoms. The number of nitrogens with two attached hydrogens (primary N) is 1. The smallest absolute Gasteiger partial charge is 0.240 e. The minimum absolute atomic E-state index is 0.0941. The maximum atomic E-state index is 12.0. The van der Waals surface area contributed by atoms with Crippen LogP contribution in [0.1, 0.15) is 71.1 Å². The second-order valence-corrected chi connectivity index (χ2v) is 7.22. The Balaban J connectivity index is 2.22. The molecule has 26 heavy (non-hydrogen) atoms. The van der Waals surface area contributed by atoms with E-state index >= 15 is 0 Å². The first-order chi connectivity index (χ1) is 12.5. The van der Waals surface area contributed by atoms with Gasteiger partial charge < -0.3 is 21.7 Å². The molecule has 0 aromatic rings. The SMILES string of the molecule is CCCCCCCC(=O)NC(CC(=O)NCCC1CCNCC1)C(N)=O. The number of carbonyl (C=O) groups excluding carboxylic acids is 3. The largest absolute Gasteiger partial charge is 0.368 e. The summed E-state index contributed by atoms with van der Waals surface area (Å²) in [6.07, 6.45) is 8.71. The van der Waals surface area contributed by atoms with Crippen molar-refractivity contribution < 1.29 is 14.4 Å². The first kappa shape index (κ1) is 22.4. The predicted molar refractivity (Wildman–Crippen MR) is 102 cm³/mol. The Hall–Kier alpha value is -1.63. The number of unbranched alkanes of at least 4 members (excludes halogenated alkanes) is 4. The van der Waals surface area contributed by atoms with Gasteiger partial charge in [-0.1, -0.05) is 32.6 Å². The number of primary amides is 1. The van der Waals surface area contributed by atoms with Crippen LogP contribution in [0.5, 0.6) is 0 Å². The molecule has 1 atom stereocenters. The molecular formula is C19H36N4O3. The normalized spacial score (nSPS) is 16.0. The van der Waals surface area contributed by atoms with Gasteiger partial charge in [0, 0.05) is 13.0 Å². The van der Waals surface area contributed by atoms with E-state index in [9.17, 15) is 14.4 Å². The quantitative estimate of drug-likeness (QED) is 0.366. The van der Waals surface area contributed by atoms with Crippen molar-refractivity contribution in [1.82, 2.24) is 16.0 Å². The zero-order chi connectivity index (χ0) is 19.2. The average molecular weight is 369 g/mol. The minimum Gasteiger partial charge on any atom is -0.368 e. The number of amides is 3. The van der Waals surface area contributed by atoms with Gasteiger partial charge in [-0.25, -0.2) is 0 Å². The van der Waals surface area contributed by atoms with E-state index in [0.717, 1.165) is 58.0 Å². The summed E-state index contributed by atoms with van der Waals surface area (Å²) in [4.78, 5) is 35.5. The van der Waals surface area contributed by atoms with Crippen LogP contribution in [-0.4, -0.2) is 43.4 Å². The summed E-state index contributed by atoms with van der Waals surface area (Å²) < 4.78 is 0. The third-order valence-corrected chi connectivity index (χ3v) is 4.91. The number of nitrogens with one attached hydrogen (secondary N) is 3. The van der Waals surface area contributed by atoms with Crippen LogP contribution in [0.4, 0.5) is 0 Å². The number of carbonyl (C=O) groups is 3. The van der Waals surface area contributed by atoms with E-state index < -0.39 is 11.9 Å². The zero-order valence-electron chi connectivity index (χ0n) is 16.1. The minimum atomic E-state index is -0.933. The molecule has 1 heterocycles. The lowest BCUT2D eigenvalue weighted by Crippen LogP contribution is -2.47. The highest BCUT2D eigenvalue weighted by Gasteiger charge is 2.21. The van der Waals surface area contributed by atoms with Crippen LogP contribution in [0.2, 0.25) is 0 Å². The van der Waals surface area contributed by atoms with Gasteiger partial charge in [0.2, 0.25) is 17.7 Å². The lowest BCUT2D eigenvalue weighted by Gasteiger charge is -2.22. The van der Waals surface area contributed by atoms with Gasteiger partial charge in [-0.05, 0) is 44.7 Å². The second kappa shape index (κ2) is 13.6. The fourth-order valence-electron chi connectivity index (χ4n) is 3.22. The number of hydrogen-bond acceptors (Lipinski definition) is 4. The first-order valence-corrected chi connectivity index (χ1v) is 10.1. The highest BCUT2D eigenvalue weighted by Crippen LogP contribution is 2.14. The van der Waals surface area contributed by atoms with Crippen molar-refractivity contribution >= 4 is 17.7 Å². The lowest BCUT2D eigenvalue weighted by atomic mass is 9.95. The molecular weight excluding hydrogens is 332 g/mol. The van der Waals surface area contributed by atoms with Crippen LogP contribution < -0.4 is 21.7 Å². The summed E-state index contributed by atoms with van der Waals surface area (Å²) in [6, 6.07) is -0.933. The first-order valence-electron chi connectivity index (χ1n) is 10.1. The molecule has 150 valence electrons. The lowest BCUT2D eigenvalue weighted by molar-refractivity contribution is -0.130. The number of rotatable bonds is 13. The Bertz CT molecular complexity index is 437. The monoisotopic (exact) mass is 368 g/mol. The molecule has 0 radical (unpaired) electrons. The highest BCUT2D eigenvalue weighted by molar-refractivity contribution is 5.91. The molecule has 1 rings (SSSR count). The van der Waals surface area contributed by atoms with Gasteiger partial charge in [0.15, 0.2) is 0 Å². The van der Waals surface area contributed by atoms with Gasteiger partial charge >= 0.3 is 0 Å². The number of hydrogen-bond donors (Lipinski definition) is 4. The molecule has 1 unspecified atom stereocenters. The highest BCUT2D eigenvalue weighted by atomic mass is 16.2. The summed E-state index contributed by atoms with van der Waals surface area (Å²) in [5.74, 6) is -0.493. The van der Waals surface area contributed by atoms with E-state index in [1.807, 2.05) is 0 Å². The summed E-state index contributed by atoms with van der Waals surface area (Å²) in [5.41, 5.74) is 5.33. The summed E-state index contributed by atoms with van der Waals surface area (Å²) in [5, 5.41) is 8.75. The van der Waals surface area contributed by atoms with Crippen molar-refractivity contribution in [2.45, 2.75) is 77.2 Å². The van der Waals surface area contributed by atoms with Gasteiger partial charge in [-0.15, -0.1) is 0 Å². The summed E-state index contributed by atoms with van der Waals surface area (Å²) >= 11 is 0. The molecule has 0 aromatic heterocycles. The van der Waals surface area contributed by atoms with Crippen LogP contribution in [-0.2, 0) is 14.4 Å². The Kier molecular flexibility index (Phi) is 11.7. The van der Waals surface area contributed by atoms with E-state index in [0.29, 0.717) is 18.9 Å². The Morgan fingerprint density at radius 2 is 1.77 bits per heavy atom. The average Bonchev–Trinajstić information content (AvgIpc) is 2.62. The topological polar surface area (TPSA) is 113 Å². The third-order valence-electron chi connectivity index (χ3n) is 4.91. The van der Waals surface area contributed by atoms with Crippen molar-refractivity contribution in [3.8, 4) is 0 Å². The van der Waals surface area contributed by atoms with Gasteiger partial charge in [-0.2, -0.15) is 0 Å². The van der Waals surface area contributed by atoms with Crippen LogP contribution >= 0.6 is 0 Å². The number of piperidine rings is 1. The molecule has 1 saturated heterocycles. The molecule has 1 fully saturated rings. The zero-order valence-corrected chi connectivity index (χ0v) is 16.1. The van der Waals surface area contributed by atoms with Crippen molar-refractivity contribution in [2.75, 3.05) is 19.6 Å². The van der Waals surface area contributed by atoms with Crippen molar-refractivity contribution in [3.05, 3.63) is 0 Å². The van der Waals surface area contributed by atoms with Crippen LogP contribution in [0.3, 0.4) is 0 Å². The van der Waals surface area contributed by atoms with E-state index in [1.54, 1.807) is 0 Å². The fraction of sp³-hybridized carbons (Fsp3) is 0.842. The maximum Gasteiger partial charge on any atom is 0.240 e. The molecule has 1 aliphatic heterocycles. The molecule has 0 aromatic carbocycles. The molecule has 7 nitrogen and oxygen atoms in total. The third kappa shape index (κ3) is 10.4. The van der Waals surface area contributed by atoms with Crippen LogP contribution in [0.25, 0.3) is 0 Å². The van der Waals surface area contributed by atoms with E-state index in [4.69, 9.17) is 5.73 Å². The Morgan fingerprint density at radius 3 is 2.42 bits per heavy atom. The summed E-state index contributed by atoms with van der Waals surface area (Å²) in [7, 11) is 0. The molecule has 0 saturated carbocycles. The molecule has 5 N–H and O–H groups in total. The second-order valence-electron chi connectivity index (χ2n) is 7.22. The fourth-order valence-corrected chi connectivity index (χ4v) is 3.22. The van der Waals surface area contributed by atoms with Crippen molar-refractivity contribution in [1.29, 1.82) is 0 Å². The van der Waals surface area contributed by atoms with Gasteiger partial charge in [-0.3, -0.25) is 14.4 Å². The Morgan fingerprint density at radius 1 is 1.08 bits per heavy atom. The Labute approximate surface area is 157 Å². The van der Waals surface area contributed by atoms with Gasteiger partial charge in [0.25, 0.3) is 0 Å². The van der Waals surface area contributed by atoms with Crippen LogP contribution in [0, 0.1) is 5.92 Å². The molecule has 1 aliphatic rings. The molecule has 0 aliphatic carbocycles. The van der Waals surface area contributed by atoms with E-state index in [1.165, 1.54) is 6.42 Å². The summed E-state index contributed by atoms with van der Waals surface area (Å²) in [6.45, 7) is 4.81. The molecule has 3 amide bonds. The van der Waals surface area contributed by atoms with E-state index in [-0.39, 0.29) is 18.2 Å². The predicted octanol–water partition coefficient (Wildman–Crippen LogP) is 1.21.